The van der Waals surface area contributed by atoms with Gasteiger partial charge in [0, 0.05) is 9.61 Å². The van der Waals surface area contributed by atoms with Crippen LogP contribution in [0.1, 0.15) is 12.5 Å². The first-order valence-electron chi connectivity index (χ1n) is 3.79. The van der Waals surface area contributed by atoms with Crippen LogP contribution in [0.25, 0.3) is 0 Å². The Hall–Kier alpha value is -0.160. The van der Waals surface area contributed by atoms with Crippen LogP contribution in [0, 0.1) is 9.39 Å². The SMILES string of the molecule is CC(N)Cc1cc(I)ccc1F. The number of rotatable bonds is 2. The molecule has 0 fully saturated rings. The lowest BCUT2D eigenvalue weighted by Crippen LogP contribution is -2.18. The third kappa shape index (κ3) is 2.71. The molecule has 1 aromatic carbocycles. The van der Waals surface area contributed by atoms with Gasteiger partial charge >= 0.3 is 0 Å². The molecule has 0 amide bonds. The van der Waals surface area contributed by atoms with E-state index >= 15 is 0 Å². The maximum absolute atomic E-state index is 13.1. The summed E-state index contributed by atoms with van der Waals surface area (Å²) in [6.45, 7) is 1.87. The molecule has 0 aliphatic heterocycles. The number of hydrogen-bond donors (Lipinski definition) is 1. The highest BCUT2D eigenvalue weighted by atomic mass is 127. The van der Waals surface area contributed by atoms with Gasteiger partial charge in [-0.2, -0.15) is 0 Å². The van der Waals surface area contributed by atoms with Gasteiger partial charge in [-0.05, 0) is 59.7 Å². The predicted octanol–water partition coefficient (Wildman–Crippen LogP) is 2.32. The van der Waals surface area contributed by atoms with Crippen LogP contribution in [0.5, 0.6) is 0 Å². The molecule has 66 valence electrons. The minimum atomic E-state index is -0.160. The summed E-state index contributed by atoms with van der Waals surface area (Å²) in [7, 11) is 0. The van der Waals surface area contributed by atoms with Crippen LogP contribution >= 0.6 is 22.6 Å². The molecular weight excluding hydrogens is 268 g/mol. The van der Waals surface area contributed by atoms with Gasteiger partial charge in [0.15, 0.2) is 0 Å². The van der Waals surface area contributed by atoms with Crippen molar-refractivity contribution in [3.05, 3.63) is 33.1 Å². The highest BCUT2D eigenvalue weighted by Crippen LogP contribution is 2.13. The summed E-state index contributed by atoms with van der Waals surface area (Å²) in [4.78, 5) is 0. The molecule has 1 nitrogen and oxygen atoms in total. The van der Waals surface area contributed by atoms with Crippen LogP contribution in [-0.2, 0) is 6.42 Å². The van der Waals surface area contributed by atoms with E-state index in [2.05, 4.69) is 22.6 Å². The molecular formula is C9H11FIN. The first-order chi connectivity index (χ1) is 5.59. The molecule has 1 rings (SSSR count). The molecule has 0 radical (unpaired) electrons. The Morgan fingerprint density at radius 3 is 2.83 bits per heavy atom. The molecule has 12 heavy (non-hydrogen) atoms. The van der Waals surface area contributed by atoms with Crippen molar-refractivity contribution in [1.82, 2.24) is 0 Å². The fraction of sp³-hybridized carbons (Fsp3) is 0.333. The Balaban J connectivity index is 2.90. The van der Waals surface area contributed by atoms with Gasteiger partial charge in [0.05, 0.1) is 0 Å². The first kappa shape index (κ1) is 9.92. The number of halogens is 2. The molecule has 0 aliphatic rings. The summed E-state index contributed by atoms with van der Waals surface area (Å²) in [6, 6.07) is 5.08. The zero-order valence-electron chi connectivity index (χ0n) is 6.85. The van der Waals surface area contributed by atoms with Gasteiger partial charge in [-0.3, -0.25) is 0 Å². The molecule has 0 heterocycles. The standard InChI is InChI=1S/C9H11FIN/c1-6(12)4-7-5-8(11)2-3-9(7)10/h2-3,5-6H,4,12H2,1H3. The molecule has 0 saturated heterocycles. The quantitative estimate of drug-likeness (QED) is 0.826. The predicted molar refractivity (Wildman–Crippen MR) is 56.5 cm³/mol. The van der Waals surface area contributed by atoms with Crippen LogP contribution in [0.4, 0.5) is 4.39 Å². The summed E-state index contributed by atoms with van der Waals surface area (Å²) < 4.78 is 14.1. The Morgan fingerprint density at radius 1 is 1.58 bits per heavy atom. The Morgan fingerprint density at radius 2 is 2.25 bits per heavy atom. The average Bonchev–Trinajstić information content (AvgIpc) is 1.96. The zero-order chi connectivity index (χ0) is 9.14. The Bertz CT molecular complexity index is 273. The van der Waals surface area contributed by atoms with Crippen LogP contribution < -0.4 is 5.73 Å². The minimum Gasteiger partial charge on any atom is -0.328 e. The monoisotopic (exact) mass is 279 g/mol. The molecule has 3 heteroatoms. The second-order valence-corrected chi connectivity index (χ2v) is 4.16. The van der Waals surface area contributed by atoms with Gasteiger partial charge in [-0.25, -0.2) is 4.39 Å². The molecule has 1 atom stereocenters. The fourth-order valence-corrected chi connectivity index (χ4v) is 1.60. The number of hydrogen-bond acceptors (Lipinski definition) is 1. The second-order valence-electron chi connectivity index (χ2n) is 2.92. The van der Waals surface area contributed by atoms with E-state index in [9.17, 15) is 4.39 Å². The maximum atomic E-state index is 13.1. The smallest absolute Gasteiger partial charge is 0.126 e. The van der Waals surface area contributed by atoms with Crippen LogP contribution in [0.2, 0.25) is 0 Å². The van der Waals surface area contributed by atoms with E-state index < -0.39 is 0 Å². The summed E-state index contributed by atoms with van der Waals surface area (Å²) in [5.74, 6) is -0.160. The van der Waals surface area contributed by atoms with E-state index in [0.717, 1.165) is 3.57 Å². The molecule has 0 saturated carbocycles. The average molecular weight is 279 g/mol. The fourth-order valence-electron chi connectivity index (χ4n) is 1.05. The summed E-state index contributed by atoms with van der Waals surface area (Å²) in [5.41, 5.74) is 6.28. The van der Waals surface area contributed by atoms with Crippen molar-refractivity contribution in [3.63, 3.8) is 0 Å². The first-order valence-corrected chi connectivity index (χ1v) is 4.87. The van der Waals surface area contributed by atoms with Crippen LogP contribution in [0.15, 0.2) is 18.2 Å². The number of nitrogens with two attached hydrogens (primary N) is 1. The van der Waals surface area contributed by atoms with Crippen LogP contribution in [0.3, 0.4) is 0 Å². The van der Waals surface area contributed by atoms with Crippen LogP contribution in [-0.4, -0.2) is 6.04 Å². The Labute approximate surface area is 85.3 Å². The van der Waals surface area contributed by atoms with Crippen molar-refractivity contribution in [1.29, 1.82) is 0 Å². The highest BCUT2D eigenvalue weighted by Gasteiger charge is 2.04. The van der Waals surface area contributed by atoms with E-state index in [1.165, 1.54) is 6.07 Å². The van der Waals surface area contributed by atoms with Gasteiger partial charge in [-0.15, -0.1) is 0 Å². The zero-order valence-corrected chi connectivity index (χ0v) is 9.01. The summed E-state index contributed by atoms with van der Waals surface area (Å²) >= 11 is 2.16. The topological polar surface area (TPSA) is 26.0 Å². The largest absolute Gasteiger partial charge is 0.328 e. The van der Waals surface area contributed by atoms with Gasteiger partial charge in [0.2, 0.25) is 0 Å². The van der Waals surface area contributed by atoms with Gasteiger partial charge in [-0.1, -0.05) is 0 Å². The van der Waals surface area contributed by atoms with Crippen molar-refractivity contribution < 1.29 is 4.39 Å². The van der Waals surface area contributed by atoms with Gasteiger partial charge < -0.3 is 5.73 Å². The van der Waals surface area contributed by atoms with E-state index in [4.69, 9.17) is 5.73 Å². The molecule has 1 unspecified atom stereocenters. The van der Waals surface area contributed by atoms with Crippen molar-refractivity contribution in [2.24, 2.45) is 5.73 Å². The summed E-state index contributed by atoms with van der Waals surface area (Å²) in [5, 5.41) is 0. The molecule has 0 aliphatic carbocycles. The lowest BCUT2D eigenvalue weighted by atomic mass is 10.1. The van der Waals surface area contributed by atoms with Gasteiger partial charge in [0.1, 0.15) is 5.82 Å². The molecule has 0 bridgehead atoms. The highest BCUT2D eigenvalue weighted by molar-refractivity contribution is 14.1. The van der Waals surface area contributed by atoms with E-state index in [1.807, 2.05) is 13.0 Å². The summed E-state index contributed by atoms with van der Waals surface area (Å²) in [6.07, 6.45) is 0.600. The molecule has 2 N–H and O–H groups in total. The van der Waals surface area contributed by atoms with Crippen molar-refractivity contribution in [3.8, 4) is 0 Å². The van der Waals surface area contributed by atoms with E-state index in [0.29, 0.717) is 12.0 Å². The van der Waals surface area contributed by atoms with E-state index in [1.54, 1.807) is 6.07 Å². The lowest BCUT2D eigenvalue weighted by molar-refractivity contribution is 0.595. The van der Waals surface area contributed by atoms with Crippen molar-refractivity contribution in [2.75, 3.05) is 0 Å². The number of benzene rings is 1. The second kappa shape index (κ2) is 4.18. The molecule has 1 aromatic rings. The third-order valence-corrected chi connectivity index (χ3v) is 2.22. The van der Waals surface area contributed by atoms with Crippen molar-refractivity contribution in [2.45, 2.75) is 19.4 Å². The molecule has 0 spiro atoms. The van der Waals surface area contributed by atoms with Crippen molar-refractivity contribution >= 4 is 22.6 Å². The minimum absolute atomic E-state index is 0.0118. The third-order valence-electron chi connectivity index (χ3n) is 1.55. The normalized spacial score (nSPS) is 13.0. The molecule has 0 aromatic heterocycles. The van der Waals surface area contributed by atoms with E-state index in [-0.39, 0.29) is 11.9 Å². The maximum Gasteiger partial charge on any atom is 0.126 e. The lowest BCUT2D eigenvalue weighted by Gasteiger charge is -2.06. The van der Waals surface area contributed by atoms with Gasteiger partial charge in [0.25, 0.3) is 0 Å². The Kier molecular flexibility index (Phi) is 3.46.